The molecule has 6 heteroatoms. The Balaban J connectivity index is 1.43. The number of unbranched alkanes of at least 4 members (excludes halogenated alkanes) is 1. The number of amides is 2. The summed E-state index contributed by atoms with van der Waals surface area (Å²) in [7, 11) is 0. The minimum absolute atomic E-state index is 0.0439. The van der Waals surface area contributed by atoms with Crippen molar-refractivity contribution in [1.29, 1.82) is 0 Å². The van der Waals surface area contributed by atoms with Gasteiger partial charge in [-0.2, -0.15) is 0 Å². The third-order valence-electron chi connectivity index (χ3n) is 5.02. The smallest absolute Gasteiger partial charge is 0.289 e. The number of likely N-dealkylation sites (tertiary alicyclic amines) is 1. The van der Waals surface area contributed by atoms with Gasteiger partial charge in [-0.1, -0.05) is 25.5 Å². The number of carbonyl (C=O) groups excluding carboxylic acids is 2. The number of rotatable bonds is 8. The standard InChI is InChI=1S/C22H28N2O4/c1-2-3-13-27-19-7-4-6-17(15-19)16-23-21(25)18-9-11-24(12-10-18)22(26)20-8-5-14-28-20/h4-8,14-15,18H,2-3,9-13,16H2,1H3,(H,23,25). The van der Waals surface area contributed by atoms with Crippen molar-refractivity contribution in [3.8, 4) is 5.75 Å². The van der Waals surface area contributed by atoms with Crippen molar-refractivity contribution < 1.29 is 18.7 Å². The van der Waals surface area contributed by atoms with E-state index >= 15 is 0 Å². The Kier molecular flexibility index (Phi) is 7.12. The number of hydrogen-bond acceptors (Lipinski definition) is 4. The van der Waals surface area contributed by atoms with E-state index in [1.165, 1.54) is 6.26 Å². The second kappa shape index (κ2) is 9.97. The molecule has 1 aromatic heterocycles. The summed E-state index contributed by atoms with van der Waals surface area (Å²) >= 11 is 0. The van der Waals surface area contributed by atoms with Crippen LogP contribution in [0.25, 0.3) is 0 Å². The Morgan fingerprint density at radius 1 is 1.21 bits per heavy atom. The third-order valence-corrected chi connectivity index (χ3v) is 5.02. The summed E-state index contributed by atoms with van der Waals surface area (Å²) in [6, 6.07) is 11.2. The SMILES string of the molecule is CCCCOc1cccc(CNC(=O)C2CCN(C(=O)c3ccco3)CC2)c1. The topological polar surface area (TPSA) is 71.8 Å². The van der Waals surface area contributed by atoms with E-state index in [1.807, 2.05) is 24.3 Å². The quantitative estimate of drug-likeness (QED) is 0.706. The van der Waals surface area contributed by atoms with Crippen LogP contribution in [0.1, 0.15) is 48.7 Å². The summed E-state index contributed by atoms with van der Waals surface area (Å²) in [5.74, 6) is 1.06. The molecule has 0 radical (unpaired) electrons. The average Bonchev–Trinajstić information content (AvgIpc) is 3.27. The summed E-state index contributed by atoms with van der Waals surface area (Å²) in [6.45, 7) is 4.46. The number of nitrogens with one attached hydrogen (secondary N) is 1. The molecule has 6 nitrogen and oxygen atoms in total. The van der Waals surface area contributed by atoms with Crippen LogP contribution in [0.3, 0.4) is 0 Å². The van der Waals surface area contributed by atoms with Crippen LogP contribution in [0.2, 0.25) is 0 Å². The van der Waals surface area contributed by atoms with E-state index in [-0.39, 0.29) is 17.7 Å². The van der Waals surface area contributed by atoms with Gasteiger partial charge in [-0.15, -0.1) is 0 Å². The van der Waals surface area contributed by atoms with Crippen LogP contribution in [0, 0.1) is 5.92 Å². The van der Waals surface area contributed by atoms with Crippen molar-refractivity contribution in [2.45, 2.75) is 39.2 Å². The number of piperidine rings is 1. The van der Waals surface area contributed by atoms with Crippen molar-refractivity contribution in [2.24, 2.45) is 5.92 Å². The highest BCUT2D eigenvalue weighted by molar-refractivity contribution is 5.91. The molecule has 0 saturated carbocycles. The summed E-state index contributed by atoms with van der Waals surface area (Å²) in [5.41, 5.74) is 1.02. The molecule has 1 aliphatic rings. The molecule has 1 N–H and O–H groups in total. The van der Waals surface area contributed by atoms with E-state index < -0.39 is 0 Å². The first-order chi connectivity index (χ1) is 13.7. The Bertz CT molecular complexity index is 765. The van der Waals surface area contributed by atoms with E-state index in [0.29, 0.717) is 44.8 Å². The van der Waals surface area contributed by atoms with Gasteiger partial charge in [0.1, 0.15) is 5.75 Å². The maximum absolute atomic E-state index is 12.5. The van der Waals surface area contributed by atoms with Crippen LogP contribution < -0.4 is 10.1 Å². The Morgan fingerprint density at radius 2 is 2.04 bits per heavy atom. The molecule has 1 aliphatic heterocycles. The lowest BCUT2D eigenvalue weighted by Crippen LogP contribution is -2.42. The lowest BCUT2D eigenvalue weighted by atomic mass is 9.95. The molecule has 2 amide bonds. The zero-order valence-corrected chi connectivity index (χ0v) is 16.4. The minimum Gasteiger partial charge on any atom is -0.494 e. The Hall–Kier alpha value is -2.76. The Morgan fingerprint density at radius 3 is 2.75 bits per heavy atom. The van der Waals surface area contributed by atoms with Crippen LogP contribution in [0.5, 0.6) is 5.75 Å². The van der Waals surface area contributed by atoms with Crippen LogP contribution in [-0.2, 0) is 11.3 Å². The highest BCUT2D eigenvalue weighted by Gasteiger charge is 2.28. The number of furan rings is 1. The van der Waals surface area contributed by atoms with Gasteiger partial charge < -0.3 is 19.4 Å². The molecule has 1 fully saturated rings. The van der Waals surface area contributed by atoms with Crippen molar-refractivity contribution in [2.75, 3.05) is 19.7 Å². The summed E-state index contributed by atoms with van der Waals surface area (Å²) in [5, 5.41) is 3.02. The number of ether oxygens (including phenoxy) is 1. The summed E-state index contributed by atoms with van der Waals surface area (Å²) < 4.78 is 10.9. The zero-order chi connectivity index (χ0) is 19.8. The third kappa shape index (κ3) is 5.38. The lowest BCUT2D eigenvalue weighted by molar-refractivity contribution is -0.126. The van der Waals surface area contributed by atoms with Crippen LogP contribution in [-0.4, -0.2) is 36.4 Å². The number of nitrogens with zero attached hydrogens (tertiary/aromatic N) is 1. The van der Waals surface area contributed by atoms with E-state index in [0.717, 1.165) is 24.2 Å². The molecule has 150 valence electrons. The highest BCUT2D eigenvalue weighted by Crippen LogP contribution is 2.20. The molecular weight excluding hydrogens is 356 g/mol. The highest BCUT2D eigenvalue weighted by atomic mass is 16.5. The Labute approximate surface area is 165 Å². The largest absolute Gasteiger partial charge is 0.494 e. The van der Waals surface area contributed by atoms with Crippen LogP contribution in [0.15, 0.2) is 47.1 Å². The summed E-state index contributed by atoms with van der Waals surface area (Å²) in [6.07, 6.45) is 4.96. The molecule has 2 heterocycles. The molecule has 0 atom stereocenters. The van der Waals surface area contributed by atoms with E-state index in [4.69, 9.17) is 9.15 Å². The van der Waals surface area contributed by atoms with Gasteiger partial charge in [-0.3, -0.25) is 9.59 Å². The number of hydrogen-bond donors (Lipinski definition) is 1. The second-order valence-electron chi connectivity index (χ2n) is 7.11. The maximum Gasteiger partial charge on any atom is 0.289 e. The lowest BCUT2D eigenvalue weighted by Gasteiger charge is -2.30. The molecular formula is C22H28N2O4. The first kappa shape index (κ1) is 20.0. The van der Waals surface area contributed by atoms with Gasteiger partial charge in [0.2, 0.25) is 5.91 Å². The second-order valence-corrected chi connectivity index (χ2v) is 7.11. The maximum atomic E-state index is 12.5. The fourth-order valence-electron chi connectivity index (χ4n) is 3.31. The molecule has 0 aliphatic carbocycles. The molecule has 1 saturated heterocycles. The predicted octanol–water partition coefficient (Wildman–Crippen LogP) is 3.63. The molecule has 0 spiro atoms. The first-order valence-corrected chi connectivity index (χ1v) is 9.99. The summed E-state index contributed by atoms with van der Waals surface area (Å²) in [4.78, 5) is 26.6. The predicted molar refractivity (Wildman–Crippen MR) is 106 cm³/mol. The molecule has 3 rings (SSSR count). The molecule has 0 bridgehead atoms. The monoisotopic (exact) mass is 384 g/mol. The van der Waals surface area contributed by atoms with E-state index in [1.54, 1.807) is 17.0 Å². The van der Waals surface area contributed by atoms with Crippen molar-refractivity contribution in [3.63, 3.8) is 0 Å². The van der Waals surface area contributed by atoms with Gasteiger partial charge in [0.05, 0.1) is 12.9 Å². The van der Waals surface area contributed by atoms with Crippen molar-refractivity contribution >= 4 is 11.8 Å². The van der Waals surface area contributed by atoms with Gasteiger partial charge in [0.25, 0.3) is 5.91 Å². The van der Waals surface area contributed by atoms with Gasteiger partial charge in [0, 0.05) is 25.6 Å². The number of benzene rings is 1. The fraction of sp³-hybridized carbons (Fsp3) is 0.455. The average molecular weight is 384 g/mol. The van der Waals surface area contributed by atoms with E-state index in [2.05, 4.69) is 12.2 Å². The number of carbonyl (C=O) groups is 2. The molecule has 28 heavy (non-hydrogen) atoms. The van der Waals surface area contributed by atoms with Gasteiger partial charge in [-0.25, -0.2) is 0 Å². The van der Waals surface area contributed by atoms with Gasteiger partial charge in [-0.05, 0) is 49.1 Å². The van der Waals surface area contributed by atoms with Gasteiger partial charge in [0.15, 0.2) is 5.76 Å². The minimum atomic E-state index is -0.108. The normalized spacial score (nSPS) is 14.7. The zero-order valence-electron chi connectivity index (χ0n) is 16.4. The van der Waals surface area contributed by atoms with Crippen LogP contribution >= 0.6 is 0 Å². The fourth-order valence-corrected chi connectivity index (χ4v) is 3.31. The molecule has 1 aromatic carbocycles. The van der Waals surface area contributed by atoms with Gasteiger partial charge >= 0.3 is 0 Å². The van der Waals surface area contributed by atoms with Crippen molar-refractivity contribution in [3.05, 3.63) is 54.0 Å². The molecule has 0 unspecified atom stereocenters. The van der Waals surface area contributed by atoms with Crippen LogP contribution in [0.4, 0.5) is 0 Å². The van der Waals surface area contributed by atoms with E-state index in [9.17, 15) is 9.59 Å². The first-order valence-electron chi connectivity index (χ1n) is 9.99. The molecule has 2 aromatic rings. The van der Waals surface area contributed by atoms with Crippen molar-refractivity contribution in [1.82, 2.24) is 10.2 Å².